The first-order valence-electron chi connectivity index (χ1n) is 8.17. The van der Waals surface area contributed by atoms with Crippen LogP contribution in [-0.4, -0.2) is 43.3 Å². The molecule has 1 aromatic rings. The zero-order valence-electron chi connectivity index (χ0n) is 13.1. The van der Waals surface area contributed by atoms with Gasteiger partial charge in [0.25, 0.3) is 0 Å². The van der Waals surface area contributed by atoms with Crippen LogP contribution in [0.5, 0.6) is 0 Å². The van der Waals surface area contributed by atoms with Gasteiger partial charge in [-0.25, -0.2) is 9.97 Å². The average Bonchev–Trinajstić information content (AvgIpc) is 3.33. The molecule has 1 aromatic heterocycles. The summed E-state index contributed by atoms with van der Waals surface area (Å²) < 4.78 is 5.28. The summed E-state index contributed by atoms with van der Waals surface area (Å²) in [6.07, 6.45) is 4.86. The molecular weight excluding hydrogens is 264 g/mol. The van der Waals surface area contributed by atoms with Crippen LogP contribution >= 0.6 is 0 Å². The Kier molecular flexibility index (Phi) is 4.58. The third-order valence-corrected chi connectivity index (χ3v) is 4.37. The van der Waals surface area contributed by atoms with Crippen LogP contribution in [0.2, 0.25) is 0 Å². The summed E-state index contributed by atoms with van der Waals surface area (Å²) in [4.78, 5) is 11.9. The molecule has 2 heterocycles. The lowest BCUT2D eigenvalue weighted by molar-refractivity contribution is 0.139. The molecule has 21 heavy (non-hydrogen) atoms. The van der Waals surface area contributed by atoms with Crippen LogP contribution in [0.4, 0.5) is 11.6 Å². The highest BCUT2D eigenvalue weighted by molar-refractivity contribution is 5.50. The fraction of sp³-hybridized carbons (Fsp3) is 0.750. The van der Waals surface area contributed by atoms with Crippen molar-refractivity contribution in [2.45, 2.75) is 38.5 Å². The Morgan fingerprint density at radius 2 is 2.00 bits per heavy atom. The van der Waals surface area contributed by atoms with Crippen LogP contribution < -0.4 is 10.2 Å². The minimum atomic E-state index is 0.591. The van der Waals surface area contributed by atoms with Crippen molar-refractivity contribution in [1.82, 2.24) is 9.97 Å². The molecule has 0 unspecified atom stereocenters. The summed E-state index contributed by atoms with van der Waals surface area (Å²) in [5.74, 6) is 4.39. The molecule has 116 valence electrons. The number of rotatable bonds is 6. The van der Waals surface area contributed by atoms with Gasteiger partial charge in [-0.1, -0.05) is 0 Å². The second-order valence-corrected chi connectivity index (χ2v) is 6.16. The molecule has 0 amide bonds. The first-order valence-corrected chi connectivity index (χ1v) is 8.17. The van der Waals surface area contributed by atoms with Crippen molar-refractivity contribution < 1.29 is 4.74 Å². The lowest BCUT2D eigenvalue weighted by atomic mass is 9.98. The minimum Gasteiger partial charge on any atom is -0.384 e. The van der Waals surface area contributed by atoms with Crippen LogP contribution in [0.15, 0.2) is 6.07 Å². The monoisotopic (exact) mass is 290 g/mol. The third-order valence-electron chi connectivity index (χ3n) is 4.37. The van der Waals surface area contributed by atoms with Gasteiger partial charge in [0.05, 0.1) is 0 Å². The maximum absolute atomic E-state index is 5.28. The summed E-state index contributed by atoms with van der Waals surface area (Å²) >= 11 is 0. The highest BCUT2D eigenvalue weighted by Gasteiger charge is 2.28. The lowest BCUT2D eigenvalue weighted by Crippen LogP contribution is -2.35. The molecule has 0 bridgehead atoms. The highest BCUT2D eigenvalue weighted by atomic mass is 16.5. The van der Waals surface area contributed by atoms with E-state index in [1.807, 2.05) is 0 Å². The van der Waals surface area contributed by atoms with Crippen LogP contribution in [0.1, 0.15) is 44.3 Å². The number of hydrogen-bond donors (Lipinski definition) is 1. The molecular formula is C16H26N4O. The number of piperidine rings is 1. The van der Waals surface area contributed by atoms with Gasteiger partial charge in [0, 0.05) is 45.3 Å². The number of nitrogens with one attached hydrogen (secondary N) is 1. The van der Waals surface area contributed by atoms with Gasteiger partial charge in [-0.15, -0.1) is 0 Å². The number of hydrogen-bond acceptors (Lipinski definition) is 5. The normalized spacial score (nSPS) is 19.8. The minimum absolute atomic E-state index is 0.591. The van der Waals surface area contributed by atoms with Crippen LogP contribution in [-0.2, 0) is 4.74 Å². The number of methoxy groups -OCH3 is 1. The Balaban J connectivity index is 1.72. The smallest absolute Gasteiger partial charge is 0.136 e. The van der Waals surface area contributed by atoms with E-state index in [-0.39, 0.29) is 0 Å². The van der Waals surface area contributed by atoms with Crippen molar-refractivity contribution in [2.75, 3.05) is 43.6 Å². The topological polar surface area (TPSA) is 50.3 Å². The van der Waals surface area contributed by atoms with Crippen LogP contribution in [0.25, 0.3) is 0 Å². The zero-order valence-corrected chi connectivity index (χ0v) is 13.1. The second-order valence-electron chi connectivity index (χ2n) is 6.16. The van der Waals surface area contributed by atoms with Gasteiger partial charge < -0.3 is 15.0 Å². The van der Waals surface area contributed by atoms with Gasteiger partial charge in [-0.05, 0) is 38.5 Å². The first kappa shape index (κ1) is 14.6. The second kappa shape index (κ2) is 6.60. The summed E-state index contributed by atoms with van der Waals surface area (Å²) in [6, 6.07) is 2.10. The largest absolute Gasteiger partial charge is 0.384 e. The van der Waals surface area contributed by atoms with Gasteiger partial charge >= 0.3 is 0 Å². The fourth-order valence-electron chi connectivity index (χ4n) is 2.97. The van der Waals surface area contributed by atoms with E-state index in [1.54, 1.807) is 7.11 Å². The third kappa shape index (κ3) is 3.64. The molecule has 5 heteroatoms. The van der Waals surface area contributed by atoms with E-state index in [1.165, 1.54) is 25.7 Å². The number of nitrogens with zero attached hydrogens (tertiary/aromatic N) is 3. The quantitative estimate of drug-likeness (QED) is 0.873. The van der Waals surface area contributed by atoms with E-state index < -0.39 is 0 Å². The van der Waals surface area contributed by atoms with Gasteiger partial charge in [0.15, 0.2) is 0 Å². The van der Waals surface area contributed by atoms with Crippen LogP contribution in [0.3, 0.4) is 0 Å². The summed E-state index contributed by atoms with van der Waals surface area (Å²) in [6.45, 7) is 6.03. The SMILES string of the molecule is CCNc1cc(N2CCC(COC)CC2)nc(C2CC2)n1. The number of ether oxygens (including phenoxy) is 1. The van der Waals surface area contributed by atoms with Crippen molar-refractivity contribution in [3.63, 3.8) is 0 Å². The number of aromatic nitrogens is 2. The fourth-order valence-corrected chi connectivity index (χ4v) is 2.97. The van der Waals surface area contributed by atoms with Gasteiger partial charge in [-0.2, -0.15) is 0 Å². The standard InChI is InChI=1S/C16H26N4O/c1-3-17-14-10-15(19-16(18-14)13-4-5-13)20-8-6-12(7-9-20)11-21-2/h10,12-13H,3-9,11H2,1-2H3,(H,17,18,19). The van der Waals surface area contributed by atoms with E-state index in [0.29, 0.717) is 11.8 Å². The zero-order chi connectivity index (χ0) is 14.7. The Hall–Kier alpha value is -1.36. The van der Waals surface area contributed by atoms with Crippen molar-refractivity contribution in [3.05, 3.63) is 11.9 Å². The van der Waals surface area contributed by atoms with Gasteiger partial charge in [-0.3, -0.25) is 0 Å². The molecule has 0 aromatic carbocycles. The maximum Gasteiger partial charge on any atom is 0.136 e. The first-order chi connectivity index (χ1) is 10.3. The molecule has 0 atom stereocenters. The molecule has 2 aliphatic rings. The molecule has 0 spiro atoms. The van der Waals surface area contributed by atoms with E-state index in [4.69, 9.17) is 9.72 Å². The predicted molar refractivity (Wildman–Crippen MR) is 85.0 cm³/mol. The molecule has 1 saturated carbocycles. The van der Waals surface area contributed by atoms with E-state index in [2.05, 4.69) is 28.2 Å². The predicted octanol–water partition coefficient (Wildman–Crippen LogP) is 2.65. The Morgan fingerprint density at radius 3 is 2.62 bits per heavy atom. The molecule has 5 nitrogen and oxygen atoms in total. The van der Waals surface area contributed by atoms with Crippen molar-refractivity contribution in [3.8, 4) is 0 Å². The molecule has 1 saturated heterocycles. The molecule has 1 aliphatic heterocycles. The van der Waals surface area contributed by atoms with E-state index in [0.717, 1.165) is 43.7 Å². The molecule has 1 aliphatic carbocycles. The summed E-state index contributed by atoms with van der Waals surface area (Å²) in [5.41, 5.74) is 0. The highest BCUT2D eigenvalue weighted by Crippen LogP contribution is 2.39. The summed E-state index contributed by atoms with van der Waals surface area (Å²) in [7, 11) is 1.79. The maximum atomic E-state index is 5.28. The van der Waals surface area contributed by atoms with Crippen molar-refractivity contribution in [2.24, 2.45) is 5.92 Å². The van der Waals surface area contributed by atoms with Gasteiger partial charge in [0.1, 0.15) is 17.5 Å². The Bertz CT molecular complexity index is 467. The molecule has 2 fully saturated rings. The van der Waals surface area contributed by atoms with Gasteiger partial charge in [0.2, 0.25) is 0 Å². The summed E-state index contributed by atoms with van der Waals surface area (Å²) in [5, 5.41) is 3.34. The van der Waals surface area contributed by atoms with E-state index >= 15 is 0 Å². The molecule has 1 N–H and O–H groups in total. The van der Waals surface area contributed by atoms with Crippen molar-refractivity contribution >= 4 is 11.6 Å². The van der Waals surface area contributed by atoms with E-state index in [9.17, 15) is 0 Å². The molecule has 0 radical (unpaired) electrons. The number of anilines is 2. The average molecular weight is 290 g/mol. The van der Waals surface area contributed by atoms with Crippen molar-refractivity contribution in [1.29, 1.82) is 0 Å². The Labute approximate surface area is 127 Å². The lowest BCUT2D eigenvalue weighted by Gasteiger charge is -2.32. The molecule has 3 rings (SSSR count). The Morgan fingerprint density at radius 1 is 1.24 bits per heavy atom. The van der Waals surface area contributed by atoms with Crippen LogP contribution in [0, 0.1) is 5.92 Å².